The summed E-state index contributed by atoms with van der Waals surface area (Å²) in [5.41, 5.74) is -0.195. The average molecular weight is 1180 g/mol. The quantitative estimate of drug-likeness (QED) is 0.0693. The largest absolute Gasteiger partial charge is 0.461 e. The molecule has 0 unspecified atom stereocenters. The minimum Gasteiger partial charge on any atom is -0.461 e. The molecule has 0 aromatic carbocycles. The number of alkyl carbamates (subject to hydrolysis) is 2. The highest BCUT2D eigenvalue weighted by molar-refractivity contribution is 5.93. The lowest BCUT2D eigenvalue weighted by Crippen LogP contribution is -2.52. The number of nitrogens with one attached hydrogen (secondary N) is 3. The molecule has 4 atom stereocenters. The van der Waals surface area contributed by atoms with Gasteiger partial charge in [0.25, 0.3) is 0 Å². The van der Waals surface area contributed by atoms with Gasteiger partial charge in [-0.3, -0.25) is 19.2 Å². The lowest BCUT2D eigenvalue weighted by Gasteiger charge is -2.42. The number of likely N-dealkylation sites (tertiary alicyclic amines) is 2. The number of hydrogen-bond acceptors (Lipinski definition) is 23. The molecule has 2 aliphatic rings. The average Bonchev–Trinajstić information content (AvgIpc) is 3.34. The van der Waals surface area contributed by atoms with Crippen molar-refractivity contribution in [2.24, 2.45) is 11.8 Å². The summed E-state index contributed by atoms with van der Waals surface area (Å²) in [6, 6.07) is 7.64. The molecule has 0 radical (unpaired) electrons. The Morgan fingerprint density at radius 1 is 0.659 bits per heavy atom. The molecule has 2 aliphatic heterocycles. The van der Waals surface area contributed by atoms with Crippen molar-refractivity contribution in [1.29, 1.82) is 10.5 Å². The van der Waals surface area contributed by atoms with Crippen LogP contribution in [0.4, 0.5) is 30.8 Å². The zero-order chi connectivity index (χ0) is 62.4. The van der Waals surface area contributed by atoms with Crippen LogP contribution in [-0.4, -0.2) is 200 Å². The Morgan fingerprint density at radius 3 is 1.62 bits per heavy atom. The number of fused-ring (bicyclic) bond motifs is 2. The standard InChI is InChI=1S/C26H35N7O7.C16H20N6O.C13H19N3O6/c1-17-7-10-32(20(34)6-9-27)15-19(17)31(5)22-18-8-11-33(23(18)30-16-29-22)25(37)39-13-12-38-21(35)14-28-24(36)40-26(2,3)4;1-11-5-8-22(14(23)3-6-17)9-13(11)21(2)16-12-4-7-18-15(12)19-10-20-16;1-13(2,3)22-11(18)15-8-10(17)20-6-7-21-12(19)16-5-4-14-9-16/h8,11,16-17,19H,6-7,10,12-15H2,1-5H3,(H,28,36);4,7,10-11,13H,3,5,8-9H2,1-2H3,(H,18,19,20);4-5,9H,6-8H2,1-3H3,(H,15,18)/t17-,19+;11-,13+;/m11./s1. The lowest BCUT2D eigenvalue weighted by molar-refractivity contribution is -0.144. The minimum atomic E-state index is -0.745. The molecule has 0 aliphatic carbocycles. The van der Waals surface area contributed by atoms with Crippen LogP contribution in [0, 0.1) is 34.5 Å². The smallest absolute Gasteiger partial charge is 0.419 e. The number of nitriles is 2. The first-order valence-electron chi connectivity index (χ1n) is 27.2. The highest BCUT2D eigenvalue weighted by Gasteiger charge is 2.35. The molecule has 5 aromatic heterocycles. The monoisotopic (exact) mass is 1180 g/mol. The van der Waals surface area contributed by atoms with E-state index in [0.29, 0.717) is 42.4 Å². The van der Waals surface area contributed by atoms with Gasteiger partial charge in [0.2, 0.25) is 11.8 Å². The number of likely N-dealkylation sites (N-methyl/N-ethyl adjacent to an activating group) is 2. The molecule has 0 saturated carbocycles. The normalized spacial score (nSPS) is 16.5. The summed E-state index contributed by atoms with van der Waals surface area (Å²) < 4.78 is 32.2. The van der Waals surface area contributed by atoms with Crippen molar-refractivity contribution in [2.45, 2.75) is 104 Å². The predicted octanol–water partition coefficient (Wildman–Crippen LogP) is 4.55. The van der Waals surface area contributed by atoms with Crippen molar-refractivity contribution < 1.29 is 66.8 Å². The summed E-state index contributed by atoms with van der Waals surface area (Å²) in [4.78, 5) is 126. The summed E-state index contributed by atoms with van der Waals surface area (Å²) in [7, 11) is 3.89. The molecule has 30 heteroatoms. The summed E-state index contributed by atoms with van der Waals surface area (Å²) in [5, 5.41) is 23.8. The number of piperidine rings is 2. The van der Waals surface area contributed by atoms with E-state index in [2.05, 4.69) is 59.3 Å². The number of ether oxygens (including phenoxy) is 6. The van der Waals surface area contributed by atoms with Crippen LogP contribution >= 0.6 is 0 Å². The Kier molecular flexibility index (Phi) is 24.3. The van der Waals surface area contributed by atoms with Gasteiger partial charge < -0.3 is 63.6 Å². The first-order chi connectivity index (χ1) is 40.3. The van der Waals surface area contributed by atoms with E-state index in [1.807, 2.05) is 43.4 Å². The number of aromatic amines is 1. The van der Waals surface area contributed by atoms with Crippen LogP contribution in [-0.2, 0) is 47.6 Å². The van der Waals surface area contributed by atoms with Crippen LogP contribution in [0.25, 0.3) is 22.1 Å². The van der Waals surface area contributed by atoms with E-state index < -0.39 is 47.5 Å². The molecular weight excluding hydrogens is 1110 g/mol. The lowest BCUT2D eigenvalue weighted by atomic mass is 9.92. The van der Waals surface area contributed by atoms with Crippen molar-refractivity contribution in [1.82, 2.24) is 59.5 Å². The van der Waals surface area contributed by atoms with E-state index in [0.717, 1.165) is 40.8 Å². The van der Waals surface area contributed by atoms with Crippen LogP contribution < -0.4 is 20.4 Å². The number of carbonyl (C=O) groups is 8. The number of nitrogens with zero attached hydrogens (tertiary/aromatic N) is 13. The van der Waals surface area contributed by atoms with Crippen LogP contribution in [0.2, 0.25) is 0 Å². The molecule has 458 valence electrons. The Hall–Kier alpha value is -9.61. The number of carbonyl (C=O) groups excluding carboxylic acids is 8. The van der Waals surface area contributed by atoms with Gasteiger partial charge in [-0.25, -0.2) is 53.2 Å². The Bertz CT molecular complexity index is 3170. The molecule has 2 fully saturated rings. The first-order valence-corrected chi connectivity index (χ1v) is 27.2. The maximum absolute atomic E-state index is 12.7. The van der Waals surface area contributed by atoms with Crippen molar-refractivity contribution in [2.75, 3.05) is 89.6 Å². The topological polar surface area (TPSA) is 367 Å². The van der Waals surface area contributed by atoms with Crippen molar-refractivity contribution >= 4 is 81.8 Å². The number of esters is 2. The van der Waals surface area contributed by atoms with Crippen LogP contribution in [0.1, 0.15) is 81.1 Å². The summed E-state index contributed by atoms with van der Waals surface area (Å²) in [6.07, 6.45) is 9.12. The van der Waals surface area contributed by atoms with E-state index in [1.54, 1.807) is 63.7 Å². The third-order valence-corrected chi connectivity index (χ3v) is 13.1. The number of imidazole rings is 1. The number of hydrogen-bond donors (Lipinski definition) is 3. The predicted molar refractivity (Wildman–Crippen MR) is 303 cm³/mol. The van der Waals surface area contributed by atoms with E-state index in [-0.39, 0.29) is 82.2 Å². The Labute approximate surface area is 491 Å². The SMILES string of the molecule is CC(C)(C)OC(=O)NCC(=O)OCCOC(=O)n1ccnc1.C[C@@H]1CCN(C(=O)CC#N)C[C@@H]1N(C)c1ncnc2[nH]ccc12.C[C@@H]1CCN(C(=O)CC#N)C[C@@H]1N(C)c1ncnc2c1ccn2C(=O)OCCOC(=O)CNC(=O)OC(C)(C)C. The number of rotatable bonds is 16. The van der Waals surface area contributed by atoms with Crippen LogP contribution in [0.15, 0.2) is 55.9 Å². The molecule has 85 heavy (non-hydrogen) atoms. The summed E-state index contributed by atoms with van der Waals surface area (Å²) >= 11 is 0. The highest BCUT2D eigenvalue weighted by atomic mass is 16.6. The van der Waals surface area contributed by atoms with Crippen LogP contribution in [0.3, 0.4) is 0 Å². The number of H-pyrrole nitrogens is 1. The molecule has 5 aromatic rings. The Morgan fingerprint density at radius 2 is 1.14 bits per heavy atom. The van der Waals surface area contributed by atoms with Gasteiger partial charge in [-0.05, 0) is 78.4 Å². The van der Waals surface area contributed by atoms with Gasteiger partial charge in [0, 0.05) is 65.1 Å². The molecule has 30 nitrogen and oxygen atoms in total. The van der Waals surface area contributed by atoms with Crippen molar-refractivity contribution in [3.8, 4) is 12.1 Å². The van der Waals surface area contributed by atoms with E-state index >= 15 is 0 Å². The summed E-state index contributed by atoms with van der Waals surface area (Å²) in [5.74, 6) is 0.498. The second-order valence-corrected chi connectivity index (χ2v) is 21.6. The van der Waals surface area contributed by atoms with E-state index in [4.69, 9.17) is 38.9 Å². The van der Waals surface area contributed by atoms with E-state index in [9.17, 15) is 38.4 Å². The second-order valence-electron chi connectivity index (χ2n) is 21.6. The third kappa shape index (κ3) is 20.4. The fourth-order valence-electron chi connectivity index (χ4n) is 8.84. The molecule has 4 amide bonds. The molecule has 3 N–H and O–H groups in total. The highest BCUT2D eigenvalue weighted by Crippen LogP contribution is 2.31. The molecule has 7 heterocycles. The second kappa shape index (κ2) is 31.2. The van der Waals surface area contributed by atoms with Crippen molar-refractivity contribution in [3.05, 3.63) is 55.9 Å². The fraction of sp³-hybridized carbons (Fsp3) is 0.545. The third-order valence-electron chi connectivity index (χ3n) is 13.1. The van der Waals surface area contributed by atoms with Gasteiger partial charge in [-0.15, -0.1) is 0 Å². The molecule has 0 bridgehead atoms. The summed E-state index contributed by atoms with van der Waals surface area (Å²) in [6.45, 7) is 15.6. The minimum absolute atomic E-state index is 0.0516. The Balaban J connectivity index is 0.000000250. The molecule has 7 rings (SSSR count). The zero-order valence-corrected chi connectivity index (χ0v) is 49.4. The fourth-order valence-corrected chi connectivity index (χ4v) is 8.84. The van der Waals surface area contributed by atoms with Crippen LogP contribution in [0.5, 0.6) is 0 Å². The number of anilines is 2. The molecule has 0 spiro atoms. The van der Waals surface area contributed by atoms with Gasteiger partial charge in [-0.1, -0.05) is 13.8 Å². The van der Waals surface area contributed by atoms with Crippen molar-refractivity contribution in [3.63, 3.8) is 0 Å². The van der Waals surface area contributed by atoms with Gasteiger partial charge in [0.15, 0.2) is 5.65 Å². The number of amides is 4. The van der Waals surface area contributed by atoms with E-state index in [1.165, 1.54) is 35.8 Å². The zero-order valence-electron chi connectivity index (χ0n) is 49.4. The van der Waals surface area contributed by atoms with Gasteiger partial charge >= 0.3 is 36.3 Å². The molecule has 2 saturated heterocycles. The van der Waals surface area contributed by atoms with Gasteiger partial charge in [0.05, 0.1) is 35.0 Å². The molecular formula is C55H74N16O14. The maximum Gasteiger partial charge on any atom is 0.419 e. The van der Waals surface area contributed by atoms with Gasteiger partial charge in [0.1, 0.15) is 99.8 Å². The first kappa shape index (κ1) is 66.2. The maximum atomic E-state index is 12.7. The van der Waals surface area contributed by atoms with Gasteiger partial charge in [-0.2, -0.15) is 10.5 Å². The number of aromatic nitrogens is 8.